The van der Waals surface area contributed by atoms with Crippen LogP contribution in [-0.2, 0) is 19.4 Å². The van der Waals surface area contributed by atoms with Crippen LogP contribution in [0.1, 0.15) is 20.3 Å². The highest BCUT2D eigenvalue weighted by Gasteiger charge is 2.43. The largest absolute Gasteiger partial charge is 0.343 e. The maximum absolute atomic E-state index is 12.0. The molecule has 7 heteroatoms. The van der Waals surface area contributed by atoms with Gasteiger partial charge >= 0.3 is 0 Å². The Morgan fingerprint density at radius 2 is 1.94 bits per heavy atom. The molecule has 1 N–H and O–H groups in total. The molecular formula is C10H16N2O4S. The van der Waals surface area contributed by atoms with Crippen LogP contribution in [0.4, 0.5) is 0 Å². The summed E-state index contributed by atoms with van der Waals surface area (Å²) in [5, 5.41) is 2.57. The second-order valence-electron chi connectivity index (χ2n) is 4.71. The van der Waals surface area contributed by atoms with Crippen LogP contribution in [0.5, 0.6) is 0 Å². The molecule has 0 bridgehead atoms. The van der Waals surface area contributed by atoms with Gasteiger partial charge < -0.3 is 10.2 Å². The van der Waals surface area contributed by atoms with E-state index in [1.807, 2.05) is 0 Å². The van der Waals surface area contributed by atoms with E-state index in [9.17, 15) is 18.0 Å². The normalized spacial score (nSPS) is 37.1. The van der Waals surface area contributed by atoms with Crippen LogP contribution < -0.4 is 5.32 Å². The van der Waals surface area contributed by atoms with Crippen molar-refractivity contribution in [2.75, 3.05) is 11.5 Å². The molecule has 3 atom stereocenters. The summed E-state index contributed by atoms with van der Waals surface area (Å²) in [7, 11) is -3.05. The van der Waals surface area contributed by atoms with E-state index in [-0.39, 0.29) is 29.4 Å². The number of hydrogen-bond acceptors (Lipinski definition) is 4. The topological polar surface area (TPSA) is 83.6 Å². The number of carbonyl (C=O) groups excluding carboxylic acids is 2. The summed E-state index contributed by atoms with van der Waals surface area (Å²) >= 11 is 0. The monoisotopic (exact) mass is 260 g/mol. The molecule has 3 unspecified atom stereocenters. The Morgan fingerprint density at radius 3 is 2.47 bits per heavy atom. The van der Waals surface area contributed by atoms with E-state index in [1.54, 1.807) is 13.8 Å². The molecule has 2 saturated heterocycles. The van der Waals surface area contributed by atoms with Gasteiger partial charge in [0.1, 0.15) is 12.1 Å². The van der Waals surface area contributed by atoms with E-state index >= 15 is 0 Å². The van der Waals surface area contributed by atoms with Crippen LogP contribution in [0.3, 0.4) is 0 Å². The number of carbonyl (C=O) groups is 2. The van der Waals surface area contributed by atoms with Crippen molar-refractivity contribution in [1.29, 1.82) is 0 Å². The van der Waals surface area contributed by atoms with Crippen molar-refractivity contribution >= 4 is 21.7 Å². The first kappa shape index (κ1) is 12.3. The predicted molar refractivity (Wildman–Crippen MR) is 61.0 cm³/mol. The van der Waals surface area contributed by atoms with Crippen LogP contribution in [-0.4, -0.2) is 54.8 Å². The van der Waals surface area contributed by atoms with Crippen molar-refractivity contribution in [3.63, 3.8) is 0 Å². The third-order valence-electron chi connectivity index (χ3n) is 3.38. The van der Waals surface area contributed by atoms with E-state index < -0.39 is 21.9 Å². The van der Waals surface area contributed by atoms with Crippen molar-refractivity contribution < 1.29 is 18.0 Å². The molecule has 0 radical (unpaired) electrons. The quantitative estimate of drug-likeness (QED) is 0.649. The Hall–Kier alpha value is -1.11. The summed E-state index contributed by atoms with van der Waals surface area (Å²) in [5.41, 5.74) is 0. The van der Waals surface area contributed by atoms with E-state index in [1.165, 1.54) is 4.90 Å². The van der Waals surface area contributed by atoms with Crippen molar-refractivity contribution in [2.45, 2.75) is 38.4 Å². The second-order valence-corrected chi connectivity index (χ2v) is 6.94. The number of piperazine rings is 1. The summed E-state index contributed by atoms with van der Waals surface area (Å²) in [4.78, 5) is 25.1. The maximum atomic E-state index is 12.0. The van der Waals surface area contributed by atoms with Gasteiger partial charge in [-0.1, -0.05) is 0 Å². The van der Waals surface area contributed by atoms with Crippen molar-refractivity contribution in [3.05, 3.63) is 0 Å². The van der Waals surface area contributed by atoms with E-state index in [0.29, 0.717) is 6.42 Å². The minimum Gasteiger partial charge on any atom is -0.343 e. The average Bonchev–Trinajstić information content (AvgIpc) is 2.56. The predicted octanol–water partition coefficient (Wildman–Crippen LogP) is -1.09. The molecule has 0 aromatic heterocycles. The van der Waals surface area contributed by atoms with Gasteiger partial charge in [0.25, 0.3) is 0 Å². The van der Waals surface area contributed by atoms with Crippen LogP contribution in [0.25, 0.3) is 0 Å². The fourth-order valence-corrected chi connectivity index (χ4v) is 4.14. The molecular weight excluding hydrogens is 244 g/mol. The third kappa shape index (κ3) is 2.15. The van der Waals surface area contributed by atoms with Gasteiger partial charge in [-0.25, -0.2) is 8.42 Å². The second kappa shape index (κ2) is 3.97. The minimum atomic E-state index is -3.05. The molecule has 96 valence electrons. The highest BCUT2D eigenvalue weighted by molar-refractivity contribution is 7.91. The number of nitrogens with one attached hydrogen (secondary N) is 1. The van der Waals surface area contributed by atoms with Crippen LogP contribution >= 0.6 is 0 Å². The lowest BCUT2D eigenvalue weighted by Crippen LogP contribution is -2.64. The van der Waals surface area contributed by atoms with Crippen molar-refractivity contribution in [2.24, 2.45) is 0 Å². The Labute approximate surface area is 100 Å². The van der Waals surface area contributed by atoms with Gasteiger partial charge in [-0.15, -0.1) is 0 Å². The number of amides is 2. The first-order chi connectivity index (χ1) is 7.82. The van der Waals surface area contributed by atoms with E-state index in [2.05, 4.69) is 5.32 Å². The molecule has 17 heavy (non-hydrogen) atoms. The molecule has 2 amide bonds. The van der Waals surface area contributed by atoms with Gasteiger partial charge in [0, 0.05) is 6.04 Å². The highest BCUT2D eigenvalue weighted by atomic mass is 32.2. The van der Waals surface area contributed by atoms with E-state index in [0.717, 1.165) is 0 Å². The lowest BCUT2D eigenvalue weighted by Gasteiger charge is -2.39. The number of nitrogens with zero attached hydrogens (tertiary/aromatic N) is 1. The van der Waals surface area contributed by atoms with Crippen LogP contribution in [0.15, 0.2) is 0 Å². The molecule has 2 fully saturated rings. The molecule has 2 heterocycles. The van der Waals surface area contributed by atoms with Gasteiger partial charge in [-0.3, -0.25) is 9.59 Å². The Morgan fingerprint density at radius 1 is 1.29 bits per heavy atom. The summed E-state index contributed by atoms with van der Waals surface area (Å²) in [6.07, 6.45) is 0.429. The highest BCUT2D eigenvalue weighted by Crippen LogP contribution is 2.22. The van der Waals surface area contributed by atoms with Gasteiger partial charge in [0.05, 0.1) is 11.5 Å². The fourth-order valence-electron chi connectivity index (χ4n) is 2.43. The number of sulfone groups is 1. The molecule has 0 aliphatic carbocycles. The van der Waals surface area contributed by atoms with Crippen molar-refractivity contribution in [3.8, 4) is 0 Å². The van der Waals surface area contributed by atoms with Crippen LogP contribution in [0, 0.1) is 0 Å². The minimum absolute atomic E-state index is 0.0247. The van der Waals surface area contributed by atoms with Gasteiger partial charge in [-0.05, 0) is 20.3 Å². The molecule has 0 aromatic rings. The SMILES string of the molecule is CC1NC(=O)C(C)N(C2CCS(=O)(=O)C2)C1=O. The van der Waals surface area contributed by atoms with E-state index in [4.69, 9.17) is 0 Å². The number of rotatable bonds is 1. The number of hydrogen-bond donors (Lipinski definition) is 1. The smallest absolute Gasteiger partial charge is 0.245 e. The first-order valence-electron chi connectivity index (χ1n) is 5.65. The Bertz CT molecular complexity index is 459. The molecule has 0 spiro atoms. The molecule has 2 aliphatic heterocycles. The molecule has 0 saturated carbocycles. The zero-order chi connectivity index (χ0) is 12.8. The van der Waals surface area contributed by atoms with Gasteiger partial charge in [0.2, 0.25) is 11.8 Å². The molecule has 2 aliphatic rings. The van der Waals surface area contributed by atoms with Gasteiger partial charge in [-0.2, -0.15) is 0 Å². The lowest BCUT2D eigenvalue weighted by atomic mass is 10.1. The zero-order valence-corrected chi connectivity index (χ0v) is 10.7. The first-order valence-corrected chi connectivity index (χ1v) is 7.47. The molecule has 6 nitrogen and oxygen atoms in total. The molecule has 2 rings (SSSR count). The summed E-state index contributed by atoms with van der Waals surface area (Å²) < 4.78 is 22.8. The Kier molecular flexibility index (Phi) is 2.89. The maximum Gasteiger partial charge on any atom is 0.245 e. The standard InChI is InChI=1S/C10H16N2O4S/c1-6-10(14)12(7(2)9(13)11-6)8-3-4-17(15,16)5-8/h6-8H,3-5H2,1-2H3,(H,11,13). The summed E-state index contributed by atoms with van der Waals surface area (Å²) in [5.74, 6) is -0.339. The fraction of sp³-hybridized carbons (Fsp3) is 0.800. The summed E-state index contributed by atoms with van der Waals surface area (Å²) in [6, 6.07) is -1.50. The van der Waals surface area contributed by atoms with Crippen molar-refractivity contribution in [1.82, 2.24) is 10.2 Å². The Balaban J connectivity index is 2.24. The van der Waals surface area contributed by atoms with Crippen LogP contribution in [0.2, 0.25) is 0 Å². The molecule has 0 aromatic carbocycles. The summed E-state index contributed by atoms with van der Waals surface area (Å²) in [6.45, 7) is 3.24. The van der Waals surface area contributed by atoms with Gasteiger partial charge in [0.15, 0.2) is 9.84 Å². The zero-order valence-electron chi connectivity index (χ0n) is 9.84. The third-order valence-corrected chi connectivity index (χ3v) is 5.13. The lowest BCUT2D eigenvalue weighted by molar-refractivity contribution is -0.150. The average molecular weight is 260 g/mol.